The maximum atomic E-state index is 14.5. The van der Waals surface area contributed by atoms with Gasteiger partial charge in [-0.05, 0) is 78.6 Å². The SMILES string of the molecule is CCCCNC(=O)[C@@H](Cc1ccccc1)N(Cc1ccc(Cl)cc1Cl)C(=O)CN(c1cccc(C)c1)S(=O)(=O)c1ccc(Cl)cc1. The van der Waals surface area contributed by atoms with Gasteiger partial charge in [-0.2, -0.15) is 0 Å². The van der Waals surface area contributed by atoms with Crippen LogP contribution in [0.5, 0.6) is 0 Å². The molecule has 7 nitrogen and oxygen atoms in total. The quantitative estimate of drug-likeness (QED) is 0.137. The summed E-state index contributed by atoms with van der Waals surface area (Å²) < 4.78 is 29.3. The highest BCUT2D eigenvalue weighted by atomic mass is 35.5. The molecule has 4 rings (SSSR count). The van der Waals surface area contributed by atoms with Crippen LogP contribution in [0.25, 0.3) is 0 Å². The number of amides is 2. The topological polar surface area (TPSA) is 86.8 Å². The molecule has 0 fully saturated rings. The lowest BCUT2D eigenvalue weighted by atomic mass is 10.0. The molecule has 2 amide bonds. The van der Waals surface area contributed by atoms with Crippen LogP contribution in [0.15, 0.2) is 102 Å². The minimum absolute atomic E-state index is 0.0309. The molecule has 242 valence electrons. The number of anilines is 1. The molecule has 0 spiro atoms. The number of hydrogen-bond donors (Lipinski definition) is 1. The Morgan fingerprint density at radius 3 is 2.20 bits per heavy atom. The molecule has 0 radical (unpaired) electrons. The highest BCUT2D eigenvalue weighted by Crippen LogP contribution is 2.28. The Bertz CT molecular complexity index is 1750. The van der Waals surface area contributed by atoms with E-state index < -0.39 is 28.5 Å². The molecule has 0 aliphatic carbocycles. The van der Waals surface area contributed by atoms with E-state index in [1.807, 2.05) is 50.2 Å². The Kier molecular flexibility index (Phi) is 12.5. The molecular weight excluding hydrogens is 665 g/mol. The Hall–Kier alpha value is -3.56. The first-order chi connectivity index (χ1) is 22.0. The van der Waals surface area contributed by atoms with Crippen LogP contribution in [0.3, 0.4) is 0 Å². The van der Waals surface area contributed by atoms with Crippen LogP contribution >= 0.6 is 34.8 Å². The van der Waals surface area contributed by atoms with Crippen molar-refractivity contribution < 1.29 is 18.0 Å². The first-order valence-electron chi connectivity index (χ1n) is 14.9. The van der Waals surface area contributed by atoms with Crippen molar-refractivity contribution in [3.63, 3.8) is 0 Å². The third kappa shape index (κ3) is 9.26. The Morgan fingerprint density at radius 1 is 0.848 bits per heavy atom. The summed E-state index contributed by atoms with van der Waals surface area (Å²) in [5.74, 6) is -0.935. The van der Waals surface area contributed by atoms with Crippen LogP contribution in [0.1, 0.15) is 36.5 Å². The number of halogens is 3. The Labute approximate surface area is 286 Å². The summed E-state index contributed by atoms with van der Waals surface area (Å²) in [6, 6.07) is 26.0. The molecule has 0 aromatic heterocycles. The molecule has 0 unspecified atom stereocenters. The van der Waals surface area contributed by atoms with Gasteiger partial charge in [0.2, 0.25) is 11.8 Å². The van der Waals surface area contributed by atoms with Gasteiger partial charge in [0.15, 0.2) is 0 Å². The van der Waals surface area contributed by atoms with Crippen LogP contribution < -0.4 is 9.62 Å². The molecule has 4 aromatic carbocycles. The molecule has 0 bridgehead atoms. The van der Waals surface area contributed by atoms with E-state index in [2.05, 4.69) is 5.32 Å². The third-order valence-corrected chi connectivity index (χ3v) is 10.1. The predicted octanol–water partition coefficient (Wildman–Crippen LogP) is 7.71. The summed E-state index contributed by atoms with van der Waals surface area (Å²) >= 11 is 18.8. The molecular formula is C35H36Cl3N3O4S. The summed E-state index contributed by atoms with van der Waals surface area (Å²) in [6.45, 7) is 3.66. The second-order valence-corrected chi connectivity index (χ2v) is 14.1. The number of nitrogens with one attached hydrogen (secondary N) is 1. The standard InChI is InChI=1S/C35H36Cl3N3O4S/c1-3-4-19-39-35(43)33(21-26-10-6-5-7-11-26)40(23-27-13-14-29(37)22-32(27)38)34(42)24-41(30-12-8-9-25(2)20-30)46(44,45)31-17-15-28(36)16-18-31/h5-18,20,22,33H,3-4,19,21,23-24H2,1-2H3,(H,39,43)/t33-/m1/s1. The highest BCUT2D eigenvalue weighted by Gasteiger charge is 2.35. The van der Waals surface area contributed by atoms with Gasteiger partial charge in [-0.25, -0.2) is 8.42 Å². The molecule has 0 aliphatic heterocycles. The molecule has 0 saturated carbocycles. The van der Waals surface area contributed by atoms with Crippen LogP contribution in [0.4, 0.5) is 5.69 Å². The fourth-order valence-electron chi connectivity index (χ4n) is 4.94. The molecule has 4 aromatic rings. The fraction of sp³-hybridized carbons (Fsp3) is 0.257. The summed E-state index contributed by atoms with van der Waals surface area (Å²) in [7, 11) is -4.24. The monoisotopic (exact) mass is 699 g/mol. The summed E-state index contributed by atoms with van der Waals surface area (Å²) in [6.07, 6.45) is 1.84. The summed E-state index contributed by atoms with van der Waals surface area (Å²) in [5, 5.41) is 4.09. The second kappa shape index (κ2) is 16.3. The van der Waals surface area contributed by atoms with Gasteiger partial charge in [0.25, 0.3) is 10.0 Å². The minimum Gasteiger partial charge on any atom is -0.354 e. The van der Waals surface area contributed by atoms with Crippen LogP contribution in [-0.4, -0.2) is 44.3 Å². The Morgan fingerprint density at radius 2 is 1.54 bits per heavy atom. The number of carbonyl (C=O) groups excluding carboxylic acids is 2. The number of benzene rings is 4. The van der Waals surface area contributed by atoms with Gasteiger partial charge < -0.3 is 10.2 Å². The lowest BCUT2D eigenvalue weighted by molar-refractivity contribution is -0.140. The van der Waals surface area contributed by atoms with Gasteiger partial charge in [-0.15, -0.1) is 0 Å². The van der Waals surface area contributed by atoms with E-state index in [9.17, 15) is 18.0 Å². The predicted molar refractivity (Wildman–Crippen MR) is 186 cm³/mol. The molecule has 11 heteroatoms. The van der Waals surface area contributed by atoms with Crippen LogP contribution in [0, 0.1) is 6.92 Å². The number of carbonyl (C=O) groups is 2. The lowest BCUT2D eigenvalue weighted by Crippen LogP contribution is -2.53. The zero-order valence-corrected chi connectivity index (χ0v) is 28.7. The first-order valence-corrected chi connectivity index (χ1v) is 17.5. The number of hydrogen-bond acceptors (Lipinski definition) is 4. The number of sulfonamides is 1. The molecule has 46 heavy (non-hydrogen) atoms. The number of unbranched alkanes of at least 4 members (excludes halogenated alkanes) is 1. The number of aryl methyl sites for hydroxylation is 1. The third-order valence-electron chi connectivity index (χ3n) is 7.43. The zero-order valence-electron chi connectivity index (χ0n) is 25.6. The van der Waals surface area contributed by atoms with Crippen molar-refractivity contribution in [1.82, 2.24) is 10.2 Å². The number of nitrogens with zero attached hydrogens (tertiary/aromatic N) is 2. The lowest BCUT2D eigenvalue weighted by Gasteiger charge is -2.34. The van der Waals surface area contributed by atoms with Gasteiger partial charge in [-0.1, -0.05) is 96.7 Å². The van der Waals surface area contributed by atoms with Crippen molar-refractivity contribution in [2.24, 2.45) is 0 Å². The van der Waals surface area contributed by atoms with Gasteiger partial charge in [0.05, 0.1) is 10.6 Å². The average Bonchev–Trinajstić information content (AvgIpc) is 3.03. The van der Waals surface area contributed by atoms with Crippen LogP contribution in [0.2, 0.25) is 15.1 Å². The molecule has 0 heterocycles. The smallest absolute Gasteiger partial charge is 0.264 e. The van der Waals surface area contributed by atoms with Gasteiger partial charge in [0.1, 0.15) is 12.6 Å². The van der Waals surface area contributed by atoms with E-state index in [0.29, 0.717) is 32.9 Å². The van der Waals surface area contributed by atoms with E-state index in [0.717, 1.165) is 28.3 Å². The summed E-state index contributed by atoms with van der Waals surface area (Å²) in [5.41, 5.74) is 2.51. The number of rotatable bonds is 14. The highest BCUT2D eigenvalue weighted by molar-refractivity contribution is 7.92. The Balaban J connectivity index is 1.81. The summed E-state index contributed by atoms with van der Waals surface area (Å²) in [4.78, 5) is 29.8. The van der Waals surface area contributed by atoms with Crippen molar-refractivity contribution in [3.8, 4) is 0 Å². The normalized spacial score (nSPS) is 11.9. The van der Waals surface area contributed by atoms with Crippen molar-refractivity contribution in [2.45, 2.75) is 50.6 Å². The van der Waals surface area contributed by atoms with Crippen molar-refractivity contribution >= 4 is 62.3 Å². The second-order valence-electron chi connectivity index (χ2n) is 10.9. The zero-order chi connectivity index (χ0) is 33.3. The van der Waals surface area contributed by atoms with E-state index in [-0.39, 0.29) is 23.8 Å². The first kappa shape index (κ1) is 35.3. The van der Waals surface area contributed by atoms with Crippen molar-refractivity contribution in [2.75, 3.05) is 17.4 Å². The van der Waals surface area contributed by atoms with E-state index in [1.165, 1.54) is 29.2 Å². The maximum absolute atomic E-state index is 14.5. The van der Waals surface area contributed by atoms with E-state index >= 15 is 0 Å². The minimum atomic E-state index is -4.24. The van der Waals surface area contributed by atoms with Gasteiger partial charge in [0, 0.05) is 34.6 Å². The largest absolute Gasteiger partial charge is 0.354 e. The molecule has 0 saturated heterocycles. The average molecular weight is 701 g/mol. The fourth-order valence-corrected chi connectivity index (χ4v) is 6.94. The van der Waals surface area contributed by atoms with Crippen molar-refractivity contribution in [1.29, 1.82) is 0 Å². The molecule has 1 atom stereocenters. The maximum Gasteiger partial charge on any atom is 0.264 e. The van der Waals surface area contributed by atoms with Gasteiger partial charge in [-0.3, -0.25) is 13.9 Å². The van der Waals surface area contributed by atoms with Crippen LogP contribution in [-0.2, 0) is 32.6 Å². The van der Waals surface area contributed by atoms with E-state index in [4.69, 9.17) is 34.8 Å². The van der Waals surface area contributed by atoms with Gasteiger partial charge >= 0.3 is 0 Å². The molecule has 0 aliphatic rings. The van der Waals surface area contributed by atoms with Crippen molar-refractivity contribution in [3.05, 3.63) is 129 Å². The molecule has 1 N–H and O–H groups in total. The van der Waals surface area contributed by atoms with E-state index in [1.54, 1.807) is 36.4 Å².